The summed E-state index contributed by atoms with van der Waals surface area (Å²) in [5.74, 6) is -0.163. The van der Waals surface area contributed by atoms with Gasteiger partial charge in [-0.3, -0.25) is 14.0 Å². The Hall–Kier alpha value is -4.70. The van der Waals surface area contributed by atoms with E-state index in [2.05, 4.69) is 5.32 Å². The lowest BCUT2D eigenvalue weighted by Crippen LogP contribution is -2.29. The third-order valence-corrected chi connectivity index (χ3v) is 5.36. The molecule has 0 spiro atoms. The van der Waals surface area contributed by atoms with Crippen LogP contribution < -0.4 is 15.8 Å². The van der Waals surface area contributed by atoms with E-state index >= 15 is 0 Å². The molecule has 2 heterocycles. The Labute approximate surface area is 197 Å². The van der Waals surface area contributed by atoms with Crippen molar-refractivity contribution < 1.29 is 4.79 Å². The number of fused-ring (bicyclic) bond motifs is 1. The van der Waals surface area contributed by atoms with Gasteiger partial charge in [-0.2, -0.15) is 5.26 Å². The molecule has 34 heavy (non-hydrogen) atoms. The predicted molar refractivity (Wildman–Crippen MR) is 132 cm³/mol. The summed E-state index contributed by atoms with van der Waals surface area (Å²) in [6.45, 7) is 0.960. The number of hydrogen-bond acceptors (Lipinski definition) is 5. The Morgan fingerprint density at radius 2 is 1.59 bits per heavy atom. The quantitative estimate of drug-likeness (QED) is 0.344. The highest BCUT2D eigenvalue weighted by Crippen LogP contribution is 2.23. The number of nitrogens with zero attached hydrogens (tertiary/aromatic N) is 4. The minimum atomic E-state index is -0.566. The van der Waals surface area contributed by atoms with Crippen molar-refractivity contribution in [1.29, 1.82) is 5.26 Å². The fourth-order valence-corrected chi connectivity index (χ4v) is 3.70. The second-order valence-corrected chi connectivity index (χ2v) is 7.66. The number of benzene rings is 2. The first-order valence-corrected chi connectivity index (χ1v) is 10.8. The number of pyridine rings is 1. The van der Waals surface area contributed by atoms with Gasteiger partial charge < -0.3 is 10.2 Å². The molecule has 0 saturated carbocycles. The van der Waals surface area contributed by atoms with Gasteiger partial charge in [0.15, 0.2) is 0 Å². The van der Waals surface area contributed by atoms with Crippen LogP contribution in [0.25, 0.3) is 11.7 Å². The Morgan fingerprint density at radius 1 is 1.00 bits per heavy atom. The fourth-order valence-electron chi connectivity index (χ4n) is 3.70. The predicted octanol–water partition coefficient (Wildman–Crippen LogP) is 3.55. The zero-order valence-corrected chi connectivity index (χ0v) is 18.7. The van der Waals surface area contributed by atoms with Crippen molar-refractivity contribution >= 4 is 23.4 Å². The molecule has 0 bridgehead atoms. The summed E-state index contributed by atoms with van der Waals surface area (Å²) in [7, 11) is 1.44. The molecule has 7 heteroatoms. The monoisotopic (exact) mass is 449 g/mol. The SMILES string of the molecule is CNC(=O)/C(C#N)=C/c1c(N(Cc2ccccc2)Cc2ccccc2)nc2ccccn2c1=O. The zero-order valence-electron chi connectivity index (χ0n) is 18.7. The fraction of sp³-hybridized carbons (Fsp3) is 0.111. The molecule has 0 radical (unpaired) electrons. The standard InChI is InChI=1S/C27H23N5O2/c1-29-26(33)22(17-28)16-23-25(30-24-14-8-9-15-32(24)27(23)34)31(18-20-10-4-2-5-11-20)19-21-12-6-3-7-13-21/h2-16H,18-19H2,1H3,(H,29,33)/b22-16+. The molecule has 0 saturated heterocycles. The summed E-state index contributed by atoms with van der Waals surface area (Å²) in [5, 5.41) is 12.0. The number of rotatable bonds is 7. The lowest BCUT2D eigenvalue weighted by atomic mass is 10.1. The van der Waals surface area contributed by atoms with E-state index in [1.165, 1.54) is 17.5 Å². The van der Waals surface area contributed by atoms with E-state index in [0.29, 0.717) is 24.6 Å². The van der Waals surface area contributed by atoms with Crippen LogP contribution in [0.3, 0.4) is 0 Å². The first-order chi connectivity index (χ1) is 16.6. The van der Waals surface area contributed by atoms with Gasteiger partial charge >= 0.3 is 0 Å². The highest BCUT2D eigenvalue weighted by atomic mass is 16.1. The normalized spacial score (nSPS) is 11.1. The van der Waals surface area contributed by atoms with Crippen molar-refractivity contribution in [2.45, 2.75) is 13.1 Å². The van der Waals surface area contributed by atoms with Crippen molar-refractivity contribution in [1.82, 2.24) is 14.7 Å². The topological polar surface area (TPSA) is 90.5 Å². The van der Waals surface area contributed by atoms with Crippen molar-refractivity contribution in [3.63, 3.8) is 0 Å². The molecule has 2 aromatic heterocycles. The average molecular weight is 450 g/mol. The molecule has 0 fully saturated rings. The van der Waals surface area contributed by atoms with Gasteiger partial charge in [0.1, 0.15) is 23.1 Å². The Bertz CT molecular complexity index is 1400. The number of hydrogen-bond donors (Lipinski definition) is 1. The largest absolute Gasteiger partial charge is 0.354 e. The lowest BCUT2D eigenvalue weighted by Gasteiger charge is -2.26. The summed E-state index contributed by atoms with van der Waals surface area (Å²) < 4.78 is 1.41. The maximum Gasteiger partial charge on any atom is 0.267 e. The minimum absolute atomic E-state index is 0.169. The van der Waals surface area contributed by atoms with Crippen LogP contribution in [0.2, 0.25) is 0 Å². The number of carbonyl (C=O) groups excluding carboxylic acids is 1. The van der Waals surface area contributed by atoms with Crippen LogP contribution in [0, 0.1) is 11.3 Å². The van der Waals surface area contributed by atoms with Crippen molar-refractivity contribution in [3.8, 4) is 6.07 Å². The number of likely N-dealkylation sites (N-methyl/N-ethyl adjacent to an activating group) is 1. The van der Waals surface area contributed by atoms with Crippen molar-refractivity contribution in [2.24, 2.45) is 0 Å². The number of anilines is 1. The smallest absolute Gasteiger partial charge is 0.267 e. The molecule has 7 nitrogen and oxygen atoms in total. The number of amides is 1. The third-order valence-electron chi connectivity index (χ3n) is 5.36. The van der Waals surface area contributed by atoms with Gasteiger partial charge in [-0.15, -0.1) is 0 Å². The molecular formula is C27H23N5O2. The minimum Gasteiger partial charge on any atom is -0.354 e. The van der Waals surface area contributed by atoms with Gasteiger partial charge in [0.05, 0.1) is 5.56 Å². The second-order valence-electron chi connectivity index (χ2n) is 7.66. The molecule has 1 amide bonds. The van der Waals surface area contributed by atoms with E-state index in [1.54, 1.807) is 18.3 Å². The summed E-state index contributed by atoms with van der Waals surface area (Å²) in [6, 6.07) is 26.9. The van der Waals surface area contributed by atoms with Crippen LogP contribution >= 0.6 is 0 Å². The van der Waals surface area contributed by atoms with Crippen LogP contribution in [0.4, 0.5) is 5.82 Å². The van der Waals surface area contributed by atoms with E-state index in [9.17, 15) is 14.9 Å². The van der Waals surface area contributed by atoms with Crippen molar-refractivity contribution in [2.75, 3.05) is 11.9 Å². The first-order valence-electron chi connectivity index (χ1n) is 10.8. The molecule has 4 rings (SSSR count). The Kier molecular flexibility index (Phi) is 6.80. The molecule has 4 aromatic rings. The summed E-state index contributed by atoms with van der Waals surface area (Å²) in [6.07, 6.45) is 2.95. The first kappa shape index (κ1) is 22.5. The molecule has 0 aliphatic rings. The highest BCUT2D eigenvalue weighted by Gasteiger charge is 2.20. The molecule has 0 aliphatic carbocycles. The number of aromatic nitrogens is 2. The molecule has 168 valence electrons. The van der Waals surface area contributed by atoms with Crippen LogP contribution in [0.15, 0.2) is 95.4 Å². The third kappa shape index (κ3) is 4.87. The van der Waals surface area contributed by atoms with E-state index in [-0.39, 0.29) is 16.7 Å². The number of nitrogens with one attached hydrogen (secondary N) is 1. The maximum atomic E-state index is 13.5. The molecule has 0 aliphatic heterocycles. The maximum absolute atomic E-state index is 13.5. The van der Waals surface area contributed by atoms with E-state index in [1.807, 2.05) is 77.7 Å². The molecular weight excluding hydrogens is 426 g/mol. The molecule has 0 atom stereocenters. The summed E-state index contributed by atoms with van der Waals surface area (Å²) in [4.78, 5) is 32.6. The van der Waals surface area contributed by atoms with E-state index in [4.69, 9.17) is 4.98 Å². The van der Waals surface area contributed by atoms with Gasteiger partial charge in [0.25, 0.3) is 11.5 Å². The van der Waals surface area contributed by atoms with Gasteiger partial charge in [-0.1, -0.05) is 66.7 Å². The van der Waals surface area contributed by atoms with Crippen molar-refractivity contribution in [3.05, 3.63) is 118 Å². The lowest BCUT2D eigenvalue weighted by molar-refractivity contribution is -0.116. The van der Waals surface area contributed by atoms with Gasteiger partial charge in [0, 0.05) is 26.3 Å². The molecule has 0 unspecified atom stereocenters. The van der Waals surface area contributed by atoms with Gasteiger partial charge in [0.2, 0.25) is 0 Å². The number of nitriles is 1. The number of carbonyl (C=O) groups is 1. The molecule has 1 N–H and O–H groups in total. The van der Waals surface area contributed by atoms with Crippen LogP contribution in [-0.2, 0) is 17.9 Å². The highest BCUT2D eigenvalue weighted by molar-refractivity contribution is 6.02. The van der Waals surface area contributed by atoms with E-state index < -0.39 is 5.91 Å². The van der Waals surface area contributed by atoms with Crippen LogP contribution in [-0.4, -0.2) is 22.3 Å². The molecule has 2 aromatic carbocycles. The average Bonchev–Trinajstić information content (AvgIpc) is 2.88. The van der Waals surface area contributed by atoms with Crippen LogP contribution in [0.5, 0.6) is 0 Å². The summed E-state index contributed by atoms with van der Waals surface area (Å²) >= 11 is 0. The zero-order chi connectivity index (χ0) is 23.9. The Morgan fingerprint density at radius 3 is 2.15 bits per heavy atom. The summed E-state index contributed by atoms with van der Waals surface area (Å²) in [5.41, 5.74) is 2.20. The van der Waals surface area contributed by atoms with Gasteiger partial charge in [-0.05, 0) is 29.3 Å². The second kappa shape index (κ2) is 10.3. The van der Waals surface area contributed by atoms with Gasteiger partial charge in [-0.25, -0.2) is 4.98 Å². The van der Waals surface area contributed by atoms with Crippen LogP contribution in [0.1, 0.15) is 16.7 Å². The Balaban J connectivity index is 1.95. The van der Waals surface area contributed by atoms with E-state index in [0.717, 1.165) is 11.1 Å².